The van der Waals surface area contributed by atoms with E-state index in [1.807, 2.05) is 0 Å². The van der Waals surface area contributed by atoms with Crippen LogP contribution in [0.25, 0.3) is 10.8 Å². The van der Waals surface area contributed by atoms with E-state index in [0.717, 1.165) is 17.0 Å². The van der Waals surface area contributed by atoms with Gasteiger partial charge in [0.05, 0.1) is 38.5 Å². The van der Waals surface area contributed by atoms with Gasteiger partial charge in [0.2, 0.25) is 17.2 Å². The van der Waals surface area contributed by atoms with Crippen molar-refractivity contribution in [3.05, 3.63) is 47.7 Å². The predicted molar refractivity (Wildman–Crippen MR) is 201 cm³/mol. The average molecular weight is 1000 g/mol. The van der Waals surface area contributed by atoms with Gasteiger partial charge in [-0.3, -0.25) is 4.55 Å². The number of aromatic nitrogens is 3. The monoisotopic (exact) mass is 999 g/mol. The summed E-state index contributed by atoms with van der Waals surface area (Å²) in [5.74, 6) is -4.62. The first-order chi connectivity index (χ1) is 25.8. The quantitative estimate of drug-likeness (QED) is 0.0381. The Morgan fingerprint density at radius 3 is 1.84 bits per heavy atom. The zero-order valence-electron chi connectivity index (χ0n) is 29.9. The third kappa shape index (κ3) is 14.6. The molecule has 31 heteroatoms. The molecule has 306 valence electrons. The fourth-order valence-electron chi connectivity index (χ4n) is 4.76. The largest absolute Gasteiger partial charge is 1.00 e. The molecule has 0 aliphatic carbocycles. The van der Waals surface area contributed by atoms with Crippen LogP contribution in [0.2, 0.25) is 5.28 Å². The summed E-state index contributed by atoms with van der Waals surface area (Å²) in [4.78, 5) is 9.91. The second kappa shape index (κ2) is 21.4. The molecule has 21 nitrogen and oxygen atoms in total. The summed E-state index contributed by atoms with van der Waals surface area (Å²) in [6.07, 6.45) is 0. The Morgan fingerprint density at radius 1 is 0.759 bits per heavy atom. The molecule has 0 fully saturated rings. The third-order valence-corrected chi connectivity index (χ3v) is 14.1. The summed E-state index contributed by atoms with van der Waals surface area (Å²) in [5, 5.41) is 19.4. The fraction of sp³-hybridized carbons (Fsp3) is 0.296. The minimum atomic E-state index is -5.61. The van der Waals surface area contributed by atoms with Crippen molar-refractivity contribution in [3.63, 3.8) is 0 Å². The van der Waals surface area contributed by atoms with E-state index in [-0.39, 0.29) is 92.7 Å². The number of rotatable bonds is 18. The number of hydrogen-bond acceptors (Lipinski definition) is 20. The SMILES string of the molecule is O=S(=O)(CCCl)CCN(CCS(=O)(=O)CCCl)c1nc(Cl)nc(Nc2cc(S(=O)(=O)[O-])cc3cc(S(=O)(=O)[O-])c(N=Nc4ccccc4S(=O)(=O)O)c(O)c23)n1.[K+].[Na+]. The van der Waals surface area contributed by atoms with Gasteiger partial charge in [-0.1, -0.05) is 12.1 Å². The van der Waals surface area contributed by atoms with Crippen molar-refractivity contribution in [2.24, 2.45) is 10.2 Å². The normalized spacial score (nSPS) is 12.6. The molecule has 4 aromatic rings. The average Bonchev–Trinajstić information content (AvgIpc) is 3.06. The van der Waals surface area contributed by atoms with Crippen molar-refractivity contribution >= 4 is 125 Å². The standard InChI is InChI=1S/C27H28Cl3N7O14S5.K.Na/c28-5-9-52(39,40)11-7-37(8-12-53(41,42)10-6-29)27-33-25(30)32-26(34-27)31-19-15-17(54(43,44)45)13-16-14-21(56(49,50)51)23(24(38)22(16)19)36-35-18-3-1-2-4-20(18)55(46,47)48;;/h1-4,13-15,38H,5-12H2,(H,43,44,45)(H,46,47,48)(H,49,50,51)(H,31,32,33,34);;/q;2*+1/p-2. The topological polar surface area (TPSA) is 336 Å². The molecule has 0 aliphatic rings. The molecular formula is C27H26Cl3KN7NaO14S5. The Bertz CT molecular complexity index is 2740. The van der Waals surface area contributed by atoms with Crippen LogP contribution in [-0.4, -0.2) is 124 Å². The van der Waals surface area contributed by atoms with Crippen molar-refractivity contribution in [3.8, 4) is 5.75 Å². The van der Waals surface area contributed by atoms with Crippen LogP contribution in [0.15, 0.2) is 67.4 Å². The smallest absolute Gasteiger partial charge is 0.744 e. The number of anilines is 3. The van der Waals surface area contributed by atoms with E-state index >= 15 is 0 Å². The molecule has 0 saturated heterocycles. The van der Waals surface area contributed by atoms with Gasteiger partial charge in [-0.05, 0) is 47.3 Å². The number of phenolic OH excluding ortho intramolecular Hbond substituents is 1. The van der Waals surface area contributed by atoms with Crippen molar-refractivity contribution in [1.82, 2.24) is 15.0 Å². The Hall–Kier alpha value is -0.934. The van der Waals surface area contributed by atoms with Crippen molar-refractivity contribution in [2.45, 2.75) is 14.7 Å². The van der Waals surface area contributed by atoms with Crippen LogP contribution in [0.4, 0.5) is 29.0 Å². The summed E-state index contributed by atoms with van der Waals surface area (Å²) in [6, 6.07) is 6.20. The number of nitrogens with one attached hydrogen (secondary N) is 1. The molecule has 0 saturated carbocycles. The van der Waals surface area contributed by atoms with Crippen LogP contribution < -0.4 is 91.2 Å². The van der Waals surface area contributed by atoms with Crippen LogP contribution in [0, 0.1) is 0 Å². The molecule has 1 heterocycles. The number of alkyl halides is 2. The number of hydrogen-bond donors (Lipinski definition) is 3. The van der Waals surface area contributed by atoms with Crippen LogP contribution >= 0.6 is 34.8 Å². The van der Waals surface area contributed by atoms with Gasteiger partial charge in [-0.25, -0.2) is 33.7 Å². The number of azo groups is 1. The van der Waals surface area contributed by atoms with Gasteiger partial charge in [0.1, 0.15) is 36.5 Å². The minimum Gasteiger partial charge on any atom is -0.744 e. The van der Waals surface area contributed by atoms with E-state index in [0.29, 0.717) is 18.2 Å². The Morgan fingerprint density at radius 2 is 1.33 bits per heavy atom. The van der Waals surface area contributed by atoms with Crippen LogP contribution in [-0.2, 0) is 50.0 Å². The molecule has 3 N–H and O–H groups in total. The van der Waals surface area contributed by atoms with Crippen molar-refractivity contribution < 1.29 is 142 Å². The number of benzene rings is 3. The Balaban J connectivity index is 0.00000580. The number of fused-ring (bicyclic) bond motifs is 1. The van der Waals surface area contributed by atoms with Gasteiger partial charge in [-0.2, -0.15) is 23.4 Å². The Kier molecular flexibility index (Phi) is 19.7. The van der Waals surface area contributed by atoms with Gasteiger partial charge >= 0.3 is 80.9 Å². The van der Waals surface area contributed by atoms with Gasteiger partial charge in [-0.15, -0.1) is 33.4 Å². The van der Waals surface area contributed by atoms with E-state index < -0.39 is 152 Å². The van der Waals surface area contributed by atoms with Crippen LogP contribution in [0.5, 0.6) is 5.75 Å². The second-order valence-corrected chi connectivity index (χ2v) is 21.0. The Labute approximate surface area is 412 Å². The first-order valence-corrected chi connectivity index (χ1v) is 24.4. The first-order valence-electron chi connectivity index (χ1n) is 15.1. The summed E-state index contributed by atoms with van der Waals surface area (Å²) in [7, 11) is -23.4. The van der Waals surface area contributed by atoms with E-state index in [9.17, 15) is 60.9 Å². The maximum Gasteiger partial charge on any atom is 1.00 e. The molecule has 1 aromatic heterocycles. The van der Waals surface area contributed by atoms with Crippen LogP contribution in [0.3, 0.4) is 0 Å². The summed E-state index contributed by atoms with van der Waals surface area (Å²) in [5.41, 5.74) is -2.25. The zero-order chi connectivity index (χ0) is 41.9. The van der Waals surface area contributed by atoms with Crippen molar-refractivity contribution in [2.75, 3.05) is 58.1 Å². The zero-order valence-corrected chi connectivity index (χ0v) is 41.3. The van der Waals surface area contributed by atoms with E-state index in [1.165, 1.54) is 12.1 Å². The fourth-order valence-corrected chi connectivity index (χ4v) is 10.0. The number of aromatic hydroxyl groups is 1. The van der Waals surface area contributed by atoms with Crippen LogP contribution in [0.1, 0.15) is 0 Å². The number of nitrogens with zero attached hydrogens (tertiary/aromatic N) is 6. The molecule has 0 spiro atoms. The molecule has 0 radical (unpaired) electrons. The molecule has 0 bridgehead atoms. The number of phenols is 1. The molecule has 0 amide bonds. The molecular weight excluding hydrogens is 975 g/mol. The van der Waals surface area contributed by atoms with E-state index in [1.54, 1.807) is 0 Å². The van der Waals surface area contributed by atoms with Gasteiger partial charge < -0.3 is 24.4 Å². The summed E-state index contributed by atoms with van der Waals surface area (Å²) >= 11 is 17.3. The van der Waals surface area contributed by atoms with Crippen molar-refractivity contribution in [1.29, 1.82) is 0 Å². The maximum absolute atomic E-state index is 12.5. The van der Waals surface area contributed by atoms with Gasteiger partial charge in [0.15, 0.2) is 25.4 Å². The first kappa shape index (κ1) is 53.2. The molecule has 0 aliphatic heterocycles. The maximum atomic E-state index is 12.5. The van der Waals surface area contributed by atoms with Gasteiger partial charge in [0.25, 0.3) is 10.1 Å². The number of halogens is 3. The molecule has 3 aromatic carbocycles. The molecule has 4 rings (SSSR count). The van der Waals surface area contributed by atoms with E-state index in [2.05, 4.69) is 30.5 Å². The minimum absolute atomic E-state index is 0. The predicted octanol–water partition coefficient (Wildman–Crippen LogP) is -3.28. The van der Waals surface area contributed by atoms with E-state index in [4.69, 9.17) is 34.8 Å². The molecule has 58 heavy (non-hydrogen) atoms. The molecule has 0 unspecified atom stereocenters. The second-order valence-electron chi connectivity index (χ2n) is 11.2. The summed E-state index contributed by atoms with van der Waals surface area (Å²) < 4.78 is 157. The van der Waals surface area contributed by atoms with Gasteiger partial charge in [0, 0.05) is 30.2 Å². The third-order valence-electron chi connectivity index (χ3n) is 7.33. The molecule has 0 atom stereocenters. The number of sulfone groups is 2. The summed E-state index contributed by atoms with van der Waals surface area (Å²) in [6.45, 7) is -0.797.